The predicted molar refractivity (Wildman–Crippen MR) is 547 cm³/mol. The number of carbonyl (C=O) groups excluding carboxylic acids is 4. The molecule has 9 aromatic rings. The first kappa shape index (κ1) is 104. The highest BCUT2D eigenvalue weighted by atomic mass is 32.2. The number of pyridine rings is 3. The van der Waals surface area contributed by atoms with Gasteiger partial charge in [0.15, 0.2) is 5.69 Å². The van der Waals surface area contributed by atoms with Crippen LogP contribution in [0.1, 0.15) is 173 Å². The summed E-state index contributed by atoms with van der Waals surface area (Å²) in [6, 6.07) is 56.1. The molecule has 6 fully saturated rings. The molecule has 0 saturated carbocycles. The molecule has 730 valence electrons. The van der Waals surface area contributed by atoms with Crippen LogP contribution >= 0.6 is 0 Å². The first-order chi connectivity index (χ1) is 65.6. The highest BCUT2D eigenvalue weighted by Crippen LogP contribution is 2.38. The van der Waals surface area contributed by atoms with Crippen LogP contribution in [0.5, 0.6) is 0 Å². The predicted octanol–water partition coefficient (Wildman–Crippen LogP) is 18.3. The zero-order valence-electron chi connectivity index (χ0n) is 82.3. The second-order valence-electron chi connectivity index (χ2n) is 38.6. The molecule has 6 saturated heterocycles. The monoisotopic (exact) mass is 1930 g/mol. The van der Waals surface area contributed by atoms with Crippen LogP contribution < -0.4 is 34.7 Å². The fourth-order valence-electron chi connectivity index (χ4n) is 18.7. The summed E-state index contributed by atoms with van der Waals surface area (Å²) < 4.78 is 65.6. The first-order valence-corrected chi connectivity index (χ1v) is 53.2. The summed E-state index contributed by atoms with van der Waals surface area (Å²) in [5, 5.41) is 31.6. The van der Waals surface area contributed by atoms with Gasteiger partial charge in [-0.3, -0.25) is 9.59 Å². The Morgan fingerprint density at radius 1 is 0.428 bits per heavy atom. The maximum Gasteiger partial charge on any atom is 0.442 e. The number of para-hydroxylation sites is 7. The normalized spacial score (nSPS) is 17.0. The van der Waals surface area contributed by atoms with Crippen LogP contribution in [0.25, 0.3) is 4.85 Å². The van der Waals surface area contributed by atoms with Gasteiger partial charge in [-0.2, -0.15) is 10.5 Å². The quantitative estimate of drug-likeness (QED) is 0.0672. The van der Waals surface area contributed by atoms with Crippen molar-refractivity contribution in [3.63, 3.8) is 0 Å². The van der Waals surface area contributed by atoms with E-state index in [0.29, 0.717) is 113 Å². The molecule has 3 aromatic heterocycles. The number of piperidine rings is 3. The standard InChI is InChI=1S/C37H46N6O4S.C32H38N6O2S.C21H23N3O2.C16H25N3O3S/c1-26-23-27(2)34(39-30(26)24-28-15-17-41(18-16-28)31-12-8-7-11-29(31)25-38)35(44)43-21-19-42(20-22-43)32-13-9-10-14-33(32)48(6,46)40-36(45)47-37(3,4)5;1-23-20-24(2)31(32(39)38-18-16-37(17-19-38)29-10-6-7-11-30(29)41(3,34)40)35-27(23)21-25-12-14-36(15-13-25)28-9-5-4-8-26(28)22-33;1-14-12-15(2)20(21(25)26)23-18(14)13-16-8-10-24(11-9-16)19-7-5-4-6-17(19)22-3;1-16(2,3)22-15(20)18-23(4,21)14-8-6-5-7-13(14)19-11-9-17-10-12-19/h7-14,23,28H,15-22,24H2,1-6H3;4-11,20,25,34H,12-19,21H2,1-3H3;4-7,12,16H,8-11,13H2,1-2H3,(H,25,26);5-8,17H,9-12H2,1-4H3/t48-;41-;;23-/m11.1/s1. The minimum absolute atomic E-state index is 0.0422. The van der Waals surface area contributed by atoms with Gasteiger partial charge in [0.2, 0.25) is 5.69 Å². The van der Waals surface area contributed by atoms with E-state index in [1.807, 2.05) is 158 Å². The van der Waals surface area contributed by atoms with E-state index in [1.165, 1.54) is 18.8 Å². The van der Waals surface area contributed by atoms with Gasteiger partial charge in [0.1, 0.15) is 34.7 Å². The highest BCUT2D eigenvalue weighted by molar-refractivity contribution is 7.93. The lowest BCUT2D eigenvalue weighted by molar-refractivity contribution is 0.0595. The lowest BCUT2D eigenvalue weighted by Crippen LogP contribution is -2.49. The van der Waals surface area contributed by atoms with Crippen LogP contribution in [0.15, 0.2) is 187 Å². The van der Waals surface area contributed by atoms with Crippen molar-refractivity contribution < 1.29 is 51.2 Å². The van der Waals surface area contributed by atoms with Crippen LogP contribution in [-0.2, 0) is 57.9 Å². The third kappa shape index (κ3) is 27.4. The van der Waals surface area contributed by atoms with Gasteiger partial charge in [0.05, 0.1) is 90.0 Å². The van der Waals surface area contributed by atoms with Gasteiger partial charge in [-0.05, 0) is 259 Å². The van der Waals surface area contributed by atoms with E-state index in [9.17, 15) is 52.2 Å². The number of rotatable bonds is 18. The van der Waals surface area contributed by atoms with E-state index in [1.54, 1.807) is 72.7 Å². The van der Waals surface area contributed by atoms with Crippen molar-refractivity contribution in [2.24, 2.45) is 26.5 Å². The third-order valence-electron chi connectivity index (χ3n) is 25.9. The number of nitrogens with zero attached hydrogens (tertiary/aromatic N) is 16. The SMILES string of the molecule is CC(C)(C)OC(=O)N=[S@](C)(=O)c1ccccc1N1CCNCC1.Cc1cc(C)c(C(=O)N2CCN(c3ccccc3[S@@](C)(=O)=NC(=O)OC(C)(C)C)CC2)nc1CC1CCN(c2ccccc2C#N)CC1.Cc1cc(C)c(C(=O)N2CCN(c3ccccc3[S@](C)(=N)=O)CC2)nc1CC1CCN(c2ccccc2C#N)CC1.[C-]#[N+]c1ccccc1N1CCC(Cc2nc(C(=O)O)c(C)cc2C)CC1. The largest absolute Gasteiger partial charge is 0.477 e. The second-order valence-corrected chi connectivity index (χ2v) is 45.2. The number of aromatic nitrogens is 3. The summed E-state index contributed by atoms with van der Waals surface area (Å²) in [7, 11) is -8.80. The van der Waals surface area contributed by atoms with Gasteiger partial charge in [-0.15, -0.1) is 8.73 Å². The lowest BCUT2D eigenvalue weighted by Gasteiger charge is -2.37. The van der Waals surface area contributed by atoms with Crippen LogP contribution in [0.3, 0.4) is 0 Å². The maximum atomic E-state index is 13.8. The molecule has 0 bridgehead atoms. The number of ether oxygens (including phenoxy) is 2. The minimum Gasteiger partial charge on any atom is -0.477 e. The molecule has 15 rings (SSSR count). The van der Waals surface area contributed by atoms with E-state index < -0.39 is 58.5 Å². The summed E-state index contributed by atoms with van der Waals surface area (Å²) >= 11 is 0. The van der Waals surface area contributed by atoms with Crippen molar-refractivity contribution in [2.45, 2.75) is 167 Å². The Kier molecular flexibility index (Phi) is 34.8. The van der Waals surface area contributed by atoms with Crippen LogP contribution in [0.4, 0.5) is 49.4 Å². The van der Waals surface area contributed by atoms with Crippen molar-refractivity contribution in [3.05, 3.63) is 254 Å². The number of amides is 4. The Balaban J connectivity index is 0.000000172. The number of benzene rings is 6. The number of piperazine rings is 3. The molecule has 3 N–H and O–H groups in total. The van der Waals surface area contributed by atoms with Crippen molar-refractivity contribution in [2.75, 3.05) is 166 Å². The van der Waals surface area contributed by atoms with E-state index >= 15 is 0 Å². The summed E-state index contributed by atoms with van der Waals surface area (Å²) in [4.78, 5) is 99.7. The Morgan fingerprint density at radius 3 is 1.06 bits per heavy atom. The molecule has 4 amide bonds. The maximum absolute atomic E-state index is 13.8. The van der Waals surface area contributed by atoms with Crippen molar-refractivity contribution in [1.82, 2.24) is 30.1 Å². The Morgan fingerprint density at radius 2 is 0.717 bits per heavy atom. The summed E-state index contributed by atoms with van der Waals surface area (Å²) in [5.74, 6) is 0.332. The molecule has 138 heavy (non-hydrogen) atoms. The summed E-state index contributed by atoms with van der Waals surface area (Å²) in [6.45, 7) is 42.8. The van der Waals surface area contributed by atoms with Crippen molar-refractivity contribution in [3.8, 4) is 12.1 Å². The van der Waals surface area contributed by atoms with Gasteiger partial charge in [-0.25, -0.2) is 51.6 Å². The molecule has 6 aliphatic heterocycles. The van der Waals surface area contributed by atoms with Gasteiger partial charge in [0.25, 0.3) is 11.8 Å². The lowest BCUT2D eigenvalue weighted by atomic mass is 9.90. The Bertz CT molecular complexity index is 6450. The number of nitriles is 2. The third-order valence-corrected chi connectivity index (χ3v) is 30.4. The number of hydrogen-bond acceptors (Lipinski definition) is 23. The van der Waals surface area contributed by atoms with E-state index in [0.717, 1.165) is 208 Å². The smallest absolute Gasteiger partial charge is 0.442 e. The number of carbonyl (C=O) groups is 5. The van der Waals surface area contributed by atoms with Crippen LogP contribution in [-0.4, -0.2) is 220 Å². The molecular weight excluding hydrogens is 1800 g/mol. The molecule has 3 atom stereocenters. The van der Waals surface area contributed by atoms with Crippen LogP contribution in [0, 0.1) is 93.3 Å². The number of aromatic carboxylic acids is 1. The van der Waals surface area contributed by atoms with Crippen molar-refractivity contribution >= 4 is 99.0 Å². The Labute approximate surface area is 815 Å². The van der Waals surface area contributed by atoms with Gasteiger partial charge >= 0.3 is 18.2 Å². The molecule has 0 spiro atoms. The van der Waals surface area contributed by atoms with Crippen LogP contribution in [0.2, 0.25) is 0 Å². The zero-order valence-corrected chi connectivity index (χ0v) is 84.8. The molecule has 6 aromatic carbocycles. The number of nitrogens with one attached hydrogen (secondary N) is 2. The Hall–Kier alpha value is -12.8. The molecule has 0 radical (unpaired) electrons. The highest BCUT2D eigenvalue weighted by Gasteiger charge is 2.34. The van der Waals surface area contributed by atoms with E-state index in [-0.39, 0.29) is 17.5 Å². The van der Waals surface area contributed by atoms with Gasteiger partial charge in [0, 0.05) is 159 Å². The summed E-state index contributed by atoms with van der Waals surface area (Å²) in [6.07, 6.45) is 11.3. The average Bonchev–Trinajstić information content (AvgIpc) is 0.785. The number of anilines is 6. The summed E-state index contributed by atoms with van der Waals surface area (Å²) in [5.41, 5.74) is 16.0. The molecule has 9 heterocycles. The van der Waals surface area contributed by atoms with Crippen molar-refractivity contribution in [1.29, 1.82) is 15.3 Å². The number of carboxylic acids is 1. The number of carboxylic acid groups (broad SMARTS) is 1. The van der Waals surface area contributed by atoms with Gasteiger partial charge < -0.3 is 59.1 Å². The van der Waals surface area contributed by atoms with Gasteiger partial charge in [-0.1, -0.05) is 97.1 Å². The van der Waals surface area contributed by atoms with E-state index in [4.69, 9.17) is 30.8 Å². The number of aryl methyl sites for hydroxylation is 6. The molecule has 29 nitrogen and oxygen atoms in total. The fraction of sp³-hybridized carbons (Fsp3) is 0.443. The molecule has 32 heteroatoms. The molecule has 6 aliphatic rings. The first-order valence-electron chi connectivity index (χ1n) is 47.4. The number of hydrogen-bond donors (Lipinski definition) is 3. The second kappa shape index (κ2) is 46.1. The minimum atomic E-state index is -3.08. The zero-order chi connectivity index (χ0) is 99.6. The topological polar surface area (TPSA) is 352 Å². The fourth-order valence-corrected chi connectivity index (χ4v) is 22.3. The van der Waals surface area contributed by atoms with E-state index in [2.05, 4.69) is 91.4 Å². The molecule has 0 unspecified atom stereocenters. The average molecular weight is 1930 g/mol. The molecule has 0 aliphatic carbocycles. The molecular formula is C106H132N18O11S3.